The van der Waals surface area contributed by atoms with Crippen LogP contribution in [0, 0.1) is 0 Å². The van der Waals surface area contributed by atoms with Crippen LogP contribution in [-0.2, 0) is 11.2 Å². The molecule has 1 fully saturated rings. The Hall–Kier alpha value is -1.30. The number of anilines is 1. The number of rotatable bonds is 1. The monoisotopic (exact) mass is 398 g/mol. The number of ether oxygens (including phenoxy) is 1. The first kappa shape index (κ1) is 17.5. The number of likely N-dealkylation sites (tertiary alicyclic amines) is 1. The Morgan fingerprint density at radius 1 is 1.33 bits per heavy atom. The van der Waals surface area contributed by atoms with Crippen molar-refractivity contribution in [2.24, 2.45) is 0 Å². The summed E-state index contributed by atoms with van der Waals surface area (Å²) in [5, 5.41) is 0. The number of carbonyl (C=O) groups excluding carboxylic acids is 1. The second-order valence-corrected chi connectivity index (χ2v) is 8.33. The summed E-state index contributed by atoms with van der Waals surface area (Å²) in [7, 11) is 0. The van der Waals surface area contributed by atoms with E-state index in [1.807, 2.05) is 32.9 Å². The number of halogens is 2. The lowest BCUT2D eigenvalue weighted by Gasteiger charge is -2.40. The molecule has 0 spiro atoms. The largest absolute Gasteiger partial charge is 0.444 e. The predicted octanol–water partition coefficient (Wildman–Crippen LogP) is 4.16. The fraction of sp³-hybridized carbons (Fsp3) is 0.611. The minimum Gasteiger partial charge on any atom is -0.444 e. The molecule has 4 nitrogen and oxygen atoms in total. The zero-order chi connectivity index (χ0) is 17.5. The number of alkyl halides is 1. The van der Waals surface area contributed by atoms with E-state index in [4.69, 9.17) is 4.74 Å². The fourth-order valence-corrected chi connectivity index (χ4v) is 4.05. The number of nitrogens with zero attached hydrogens (tertiary/aromatic N) is 2. The number of amides is 1. The summed E-state index contributed by atoms with van der Waals surface area (Å²) in [5.74, 6) is 0. The first-order valence-corrected chi connectivity index (χ1v) is 9.21. The van der Waals surface area contributed by atoms with Crippen molar-refractivity contribution in [1.82, 2.24) is 4.90 Å². The third-order valence-corrected chi connectivity index (χ3v) is 5.31. The van der Waals surface area contributed by atoms with Crippen LogP contribution < -0.4 is 4.90 Å². The van der Waals surface area contributed by atoms with Gasteiger partial charge in [0.1, 0.15) is 11.8 Å². The van der Waals surface area contributed by atoms with Crippen LogP contribution in [-0.4, -0.2) is 48.4 Å². The van der Waals surface area contributed by atoms with Crippen molar-refractivity contribution in [1.29, 1.82) is 0 Å². The van der Waals surface area contributed by atoms with Gasteiger partial charge in [-0.1, -0.05) is 22.0 Å². The first-order valence-electron chi connectivity index (χ1n) is 8.42. The highest BCUT2D eigenvalue weighted by Crippen LogP contribution is 2.37. The molecule has 1 saturated heterocycles. The van der Waals surface area contributed by atoms with Crippen molar-refractivity contribution in [3.05, 3.63) is 28.2 Å². The predicted molar refractivity (Wildman–Crippen MR) is 96.3 cm³/mol. The second-order valence-electron chi connectivity index (χ2n) is 7.48. The Kier molecular flexibility index (Phi) is 4.78. The Balaban J connectivity index is 1.68. The van der Waals surface area contributed by atoms with Crippen molar-refractivity contribution in [2.75, 3.05) is 24.5 Å². The number of benzene rings is 1. The molecular formula is C18H24BrFN2O2. The normalized spacial score (nSPS) is 24.0. The van der Waals surface area contributed by atoms with Crippen LogP contribution in [0.1, 0.15) is 32.8 Å². The van der Waals surface area contributed by atoms with E-state index in [9.17, 15) is 9.18 Å². The average Bonchev–Trinajstić information content (AvgIpc) is 2.90. The van der Waals surface area contributed by atoms with Crippen LogP contribution >= 0.6 is 15.9 Å². The van der Waals surface area contributed by atoms with Crippen molar-refractivity contribution >= 4 is 27.7 Å². The maximum atomic E-state index is 14.8. The molecule has 0 unspecified atom stereocenters. The van der Waals surface area contributed by atoms with Gasteiger partial charge in [-0.3, -0.25) is 0 Å². The molecule has 2 atom stereocenters. The third-order valence-electron chi connectivity index (χ3n) is 4.57. The molecule has 0 radical (unpaired) electrons. The topological polar surface area (TPSA) is 32.8 Å². The molecule has 0 N–H and O–H groups in total. The zero-order valence-electron chi connectivity index (χ0n) is 14.4. The van der Waals surface area contributed by atoms with E-state index in [2.05, 4.69) is 26.9 Å². The van der Waals surface area contributed by atoms with Gasteiger partial charge in [0, 0.05) is 23.2 Å². The maximum absolute atomic E-state index is 14.8. The molecule has 2 aliphatic heterocycles. The zero-order valence-corrected chi connectivity index (χ0v) is 16.0. The van der Waals surface area contributed by atoms with Crippen LogP contribution in [0.3, 0.4) is 0 Å². The molecule has 3 rings (SSSR count). The van der Waals surface area contributed by atoms with E-state index in [1.54, 1.807) is 0 Å². The molecule has 0 saturated carbocycles. The Bertz CT molecular complexity index is 632. The van der Waals surface area contributed by atoms with Gasteiger partial charge in [0.2, 0.25) is 0 Å². The fourth-order valence-electron chi connectivity index (χ4n) is 3.50. The van der Waals surface area contributed by atoms with Gasteiger partial charge in [0.15, 0.2) is 0 Å². The molecule has 1 amide bonds. The Labute approximate surface area is 151 Å². The standard InChI is InChI=1S/C18H24BrFN2O2/c1-18(2,3)24-17(23)21-9-8-16(14(20)11-21)22-10-7-12-13(19)5-4-6-15(12)22/h4-6,14,16H,7-11H2,1-3H3/t14-,16+/m0/s1. The van der Waals surface area contributed by atoms with E-state index in [1.165, 1.54) is 10.5 Å². The SMILES string of the molecule is CC(C)(C)OC(=O)N1CC[C@@H](N2CCc3c(Br)cccc32)[C@@H](F)C1. The van der Waals surface area contributed by atoms with Gasteiger partial charge in [-0.25, -0.2) is 9.18 Å². The Morgan fingerprint density at radius 2 is 2.08 bits per heavy atom. The molecule has 0 aliphatic carbocycles. The summed E-state index contributed by atoms with van der Waals surface area (Å²) in [5.41, 5.74) is 1.81. The summed E-state index contributed by atoms with van der Waals surface area (Å²) in [6, 6.07) is 5.89. The van der Waals surface area contributed by atoms with Crippen LogP contribution in [0.2, 0.25) is 0 Å². The van der Waals surface area contributed by atoms with Gasteiger partial charge in [-0.15, -0.1) is 0 Å². The maximum Gasteiger partial charge on any atom is 0.410 e. The average molecular weight is 399 g/mol. The lowest BCUT2D eigenvalue weighted by atomic mass is 10.0. The molecular weight excluding hydrogens is 375 g/mol. The smallest absolute Gasteiger partial charge is 0.410 e. The molecule has 1 aromatic carbocycles. The molecule has 2 heterocycles. The summed E-state index contributed by atoms with van der Waals surface area (Å²) in [4.78, 5) is 15.8. The summed E-state index contributed by atoms with van der Waals surface area (Å²) in [6.07, 6.45) is 0.0478. The summed E-state index contributed by atoms with van der Waals surface area (Å²) < 4.78 is 21.3. The lowest BCUT2D eigenvalue weighted by molar-refractivity contribution is 0.0112. The van der Waals surface area contributed by atoms with Gasteiger partial charge in [-0.2, -0.15) is 0 Å². The van der Waals surface area contributed by atoms with E-state index >= 15 is 0 Å². The molecule has 132 valence electrons. The number of fused-ring (bicyclic) bond motifs is 1. The molecule has 6 heteroatoms. The number of hydrogen-bond acceptors (Lipinski definition) is 3. The van der Waals surface area contributed by atoms with Crippen LogP contribution in [0.5, 0.6) is 0 Å². The quantitative estimate of drug-likeness (QED) is 0.711. The minimum absolute atomic E-state index is 0.0966. The highest BCUT2D eigenvalue weighted by atomic mass is 79.9. The van der Waals surface area contributed by atoms with Gasteiger partial charge >= 0.3 is 6.09 Å². The van der Waals surface area contributed by atoms with Crippen LogP contribution in [0.15, 0.2) is 22.7 Å². The number of piperidine rings is 1. The van der Waals surface area contributed by atoms with Crippen molar-refractivity contribution in [3.8, 4) is 0 Å². The van der Waals surface area contributed by atoms with Gasteiger partial charge in [0.05, 0.1) is 12.6 Å². The van der Waals surface area contributed by atoms with Gasteiger partial charge in [0.25, 0.3) is 0 Å². The van der Waals surface area contributed by atoms with E-state index in [-0.39, 0.29) is 12.6 Å². The van der Waals surface area contributed by atoms with E-state index in [0.717, 1.165) is 23.1 Å². The van der Waals surface area contributed by atoms with Crippen molar-refractivity contribution in [2.45, 2.75) is 51.4 Å². The highest BCUT2D eigenvalue weighted by molar-refractivity contribution is 9.10. The first-order chi connectivity index (χ1) is 11.3. The van der Waals surface area contributed by atoms with Crippen LogP contribution in [0.4, 0.5) is 14.9 Å². The number of hydrogen-bond donors (Lipinski definition) is 0. The summed E-state index contributed by atoms with van der Waals surface area (Å²) in [6.45, 7) is 6.92. The van der Waals surface area contributed by atoms with Gasteiger partial charge in [-0.05, 0) is 51.3 Å². The minimum atomic E-state index is -1.07. The molecule has 0 aromatic heterocycles. The van der Waals surface area contributed by atoms with Gasteiger partial charge < -0.3 is 14.5 Å². The Morgan fingerprint density at radius 3 is 2.75 bits per heavy atom. The van der Waals surface area contributed by atoms with E-state index < -0.39 is 17.9 Å². The lowest BCUT2D eigenvalue weighted by Crippen LogP contribution is -2.54. The molecule has 1 aromatic rings. The van der Waals surface area contributed by atoms with E-state index in [0.29, 0.717) is 13.0 Å². The molecule has 2 aliphatic rings. The molecule has 24 heavy (non-hydrogen) atoms. The van der Waals surface area contributed by atoms with Crippen molar-refractivity contribution in [3.63, 3.8) is 0 Å². The van der Waals surface area contributed by atoms with Crippen LogP contribution in [0.25, 0.3) is 0 Å². The van der Waals surface area contributed by atoms with Crippen molar-refractivity contribution < 1.29 is 13.9 Å². The summed E-state index contributed by atoms with van der Waals surface area (Å²) >= 11 is 3.58. The number of carbonyl (C=O) groups is 1. The molecule has 0 bridgehead atoms. The second kappa shape index (κ2) is 6.54. The third kappa shape index (κ3) is 3.53. The highest BCUT2D eigenvalue weighted by Gasteiger charge is 2.38.